The number of hydrogen-bond acceptors (Lipinski definition) is 2. The second kappa shape index (κ2) is 7.77. The van der Waals surface area contributed by atoms with Crippen molar-refractivity contribution in [2.24, 2.45) is 0 Å². The molecule has 1 aromatic heterocycles. The smallest absolute Gasteiger partial charge is 0.126 e. The molecule has 5 aromatic rings. The number of rotatable bonds is 3. The summed E-state index contributed by atoms with van der Waals surface area (Å²) in [6.45, 7) is 0. The van der Waals surface area contributed by atoms with Crippen LogP contribution in [0.3, 0.4) is 0 Å². The summed E-state index contributed by atoms with van der Waals surface area (Å²) >= 11 is 0. The number of imidazole rings is 1. The number of hydrogen-bond donors (Lipinski definition) is 2. The predicted octanol–water partition coefficient (Wildman–Crippen LogP) is 5.61. The number of aromatic amines is 1. The first kappa shape index (κ1) is 18.0. The van der Waals surface area contributed by atoms with Gasteiger partial charge in [0.1, 0.15) is 5.75 Å². The van der Waals surface area contributed by atoms with E-state index in [0.29, 0.717) is 18.6 Å². The fraction of sp³-hybridized carbons (Fsp3) is 0.0741. The quantitative estimate of drug-likeness (QED) is 0.395. The van der Waals surface area contributed by atoms with Crippen molar-refractivity contribution in [3.8, 4) is 17.6 Å². The average Bonchev–Trinajstić information content (AvgIpc) is 3.25. The molecule has 5 rings (SSSR count). The van der Waals surface area contributed by atoms with Crippen molar-refractivity contribution in [2.45, 2.75) is 12.8 Å². The topological polar surface area (TPSA) is 48.9 Å². The summed E-state index contributed by atoms with van der Waals surface area (Å²) in [6.07, 6.45) is 3.06. The van der Waals surface area contributed by atoms with Crippen LogP contribution in [0.25, 0.3) is 21.8 Å². The molecule has 0 saturated heterocycles. The molecule has 0 radical (unpaired) electrons. The van der Waals surface area contributed by atoms with E-state index in [-0.39, 0.29) is 0 Å². The number of fused-ring (bicyclic) bond motifs is 2. The number of H-pyrrole nitrogens is 1. The van der Waals surface area contributed by atoms with Crippen molar-refractivity contribution >= 4 is 21.8 Å². The van der Waals surface area contributed by atoms with E-state index in [1.165, 1.54) is 5.56 Å². The Morgan fingerprint density at radius 3 is 2.63 bits per heavy atom. The van der Waals surface area contributed by atoms with Gasteiger partial charge >= 0.3 is 0 Å². The second-order valence-corrected chi connectivity index (χ2v) is 7.40. The zero-order valence-corrected chi connectivity index (χ0v) is 16.4. The van der Waals surface area contributed by atoms with Gasteiger partial charge in [0.05, 0.1) is 17.4 Å². The highest BCUT2D eigenvalue weighted by Crippen LogP contribution is 2.31. The Hall–Kier alpha value is -4.03. The summed E-state index contributed by atoms with van der Waals surface area (Å²) in [4.78, 5) is 7.40. The van der Waals surface area contributed by atoms with Gasteiger partial charge in [-0.2, -0.15) is 0 Å². The molecule has 0 aliphatic rings. The van der Waals surface area contributed by atoms with Gasteiger partial charge in [0.15, 0.2) is 0 Å². The van der Waals surface area contributed by atoms with Crippen molar-refractivity contribution < 1.29 is 5.11 Å². The lowest BCUT2D eigenvalue weighted by Crippen LogP contribution is -1.91. The lowest BCUT2D eigenvalue weighted by molar-refractivity contribution is 0.476. The van der Waals surface area contributed by atoms with Gasteiger partial charge in [-0.15, -0.1) is 0 Å². The van der Waals surface area contributed by atoms with Crippen LogP contribution in [0.4, 0.5) is 0 Å². The molecule has 3 nitrogen and oxygen atoms in total. The van der Waals surface area contributed by atoms with Crippen molar-refractivity contribution in [1.29, 1.82) is 0 Å². The van der Waals surface area contributed by atoms with Gasteiger partial charge in [-0.3, -0.25) is 0 Å². The van der Waals surface area contributed by atoms with Gasteiger partial charge in [0.25, 0.3) is 0 Å². The van der Waals surface area contributed by atoms with E-state index in [2.05, 4.69) is 52.1 Å². The summed E-state index contributed by atoms with van der Waals surface area (Å²) in [5.41, 5.74) is 6.08. The molecule has 0 bridgehead atoms. The van der Waals surface area contributed by atoms with Crippen molar-refractivity contribution in [2.75, 3.05) is 0 Å². The van der Waals surface area contributed by atoms with Crippen LogP contribution in [0.15, 0.2) is 85.2 Å². The zero-order chi connectivity index (χ0) is 20.3. The first-order valence-electron chi connectivity index (χ1n) is 9.96. The molecule has 0 fully saturated rings. The predicted molar refractivity (Wildman–Crippen MR) is 122 cm³/mol. The maximum absolute atomic E-state index is 10.9. The summed E-state index contributed by atoms with van der Waals surface area (Å²) in [5, 5.41) is 12.8. The van der Waals surface area contributed by atoms with Crippen molar-refractivity contribution in [3.63, 3.8) is 0 Å². The Balaban J connectivity index is 1.44. The van der Waals surface area contributed by atoms with E-state index in [1.807, 2.05) is 48.5 Å². The third-order valence-corrected chi connectivity index (χ3v) is 5.32. The van der Waals surface area contributed by atoms with Crippen LogP contribution in [-0.2, 0) is 12.8 Å². The second-order valence-electron chi connectivity index (χ2n) is 7.40. The molecule has 0 amide bonds. The molecule has 0 unspecified atom stereocenters. The molecule has 4 aromatic carbocycles. The minimum absolute atomic E-state index is 0.323. The third-order valence-electron chi connectivity index (χ3n) is 5.32. The van der Waals surface area contributed by atoms with Gasteiger partial charge in [0, 0.05) is 23.8 Å². The standard InChI is InChI=1S/C27H20N2O/c30-27-23(15-21-10-14-25-26(17-21)29-18-28-25)13-12-22-11-9-20(16-24(22)27)8-4-7-19-5-2-1-3-6-19/h1-3,5-6,9-14,16-18,30H,7,15H2,(H,28,29). The Bertz CT molecular complexity index is 1410. The summed E-state index contributed by atoms with van der Waals surface area (Å²) in [7, 11) is 0. The van der Waals surface area contributed by atoms with E-state index >= 15 is 0 Å². The van der Waals surface area contributed by atoms with Crippen LogP contribution in [0, 0.1) is 11.8 Å². The molecule has 0 spiro atoms. The number of phenolic OH excluding ortho intramolecular Hbond substituents is 1. The minimum atomic E-state index is 0.323. The lowest BCUT2D eigenvalue weighted by atomic mass is 9.98. The maximum atomic E-state index is 10.9. The highest BCUT2D eigenvalue weighted by Gasteiger charge is 2.09. The molecule has 0 saturated carbocycles. The SMILES string of the molecule is Oc1c(Cc2ccc3nc[nH]c3c2)ccc2ccc(C#CCc3ccccc3)cc12. The average molecular weight is 388 g/mol. The van der Waals surface area contributed by atoms with Gasteiger partial charge in [-0.25, -0.2) is 4.98 Å². The molecule has 3 heteroatoms. The van der Waals surface area contributed by atoms with Crippen LogP contribution in [-0.4, -0.2) is 15.1 Å². The summed E-state index contributed by atoms with van der Waals surface area (Å²) in [5.74, 6) is 6.78. The lowest BCUT2D eigenvalue weighted by Gasteiger charge is -2.09. The van der Waals surface area contributed by atoms with Gasteiger partial charge in [-0.05, 0) is 46.3 Å². The Morgan fingerprint density at radius 1 is 0.867 bits per heavy atom. The van der Waals surface area contributed by atoms with Gasteiger partial charge in [-0.1, -0.05) is 66.4 Å². The molecule has 144 valence electrons. The van der Waals surface area contributed by atoms with Crippen LogP contribution in [0.1, 0.15) is 22.3 Å². The molecule has 1 heterocycles. The molecule has 30 heavy (non-hydrogen) atoms. The number of phenols is 1. The van der Waals surface area contributed by atoms with Crippen molar-refractivity contribution in [1.82, 2.24) is 9.97 Å². The zero-order valence-electron chi connectivity index (χ0n) is 16.4. The molecular formula is C27H20N2O. The number of aromatic hydroxyl groups is 1. The number of nitrogens with zero attached hydrogens (tertiary/aromatic N) is 1. The van der Waals surface area contributed by atoms with Crippen molar-refractivity contribution in [3.05, 3.63) is 107 Å². The van der Waals surface area contributed by atoms with Gasteiger partial charge < -0.3 is 10.1 Å². The first-order valence-corrected chi connectivity index (χ1v) is 9.96. The van der Waals surface area contributed by atoms with Crippen LogP contribution < -0.4 is 0 Å². The molecule has 0 aliphatic carbocycles. The van der Waals surface area contributed by atoms with Gasteiger partial charge in [0.2, 0.25) is 0 Å². The Labute approximate surface area is 175 Å². The number of nitrogens with one attached hydrogen (secondary N) is 1. The normalized spacial score (nSPS) is 10.8. The highest BCUT2D eigenvalue weighted by atomic mass is 16.3. The fourth-order valence-corrected chi connectivity index (χ4v) is 3.73. The van der Waals surface area contributed by atoms with E-state index in [1.54, 1.807) is 6.33 Å². The molecular weight excluding hydrogens is 368 g/mol. The Morgan fingerprint density at radius 2 is 1.73 bits per heavy atom. The summed E-state index contributed by atoms with van der Waals surface area (Å²) in [6, 6.07) is 26.4. The number of benzene rings is 4. The summed E-state index contributed by atoms with van der Waals surface area (Å²) < 4.78 is 0. The van der Waals surface area contributed by atoms with E-state index in [0.717, 1.165) is 38.5 Å². The highest BCUT2D eigenvalue weighted by molar-refractivity contribution is 5.90. The molecule has 0 aliphatic heterocycles. The maximum Gasteiger partial charge on any atom is 0.126 e. The number of aromatic nitrogens is 2. The monoisotopic (exact) mass is 388 g/mol. The van der Waals surface area contributed by atoms with E-state index in [4.69, 9.17) is 0 Å². The Kier molecular flexibility index (Phi) is 4.67. The van der Waals surface area contributed by atoms with Crippen LogP contribution in [0.5, 0.6) is 5.75 Å². The van der Waals surface area contributed by atoms with Crippen LogP contribution in [0.2, 0.25) is 0 Å². The fourth-order valence-electron chi connectivity index (χ4n) is 3.73. The third kappa shape index (κ3) is 3.64. The first-order chi connectivity index (χ1) is 14.8. The minimum Gasteiger partial charge on any atom is -0.507 e. The molecule has 0 atom stereocenters. The van der Waals surface area contributed by atoms with E-state index < -0.39 is 0 Å². The molecule has 2 N–H and O–H groups in total. The van der Waals surface area contributed by atoms with Crippen LogP contribution >= 0.6 is 0 Å². The van der Waals surface area contributed by atoms with E-state index in [9.17, 15) is 5.11 Å². The largest absolute Gasteiger partial charge is 0.507 e.